The van der Waals surface area contributed by atoms with Gasteiger partial charge < -0.3 is 24.6 Å². The molecule has 1 saturated heterocycles. The summed E-state index contributed by atoms with van der Waals surface area (Å²) in [5.74, 6) is 3.70. The Kier molecular flexibility index (Phi) is 7.79. The summed E-state index contributed by atoms with van der Waals surface area (Å²) in [5.41, 5.74) is 1.21. The lowest BCUT2D eigenvalue weighted by Crippen LogP contribution is -2.52. The Morgan fingerprint density at radius 2 is 1.93 bits per heavy atom. The fraction of sp³-hybridized carbons (Fsp3) is 0.429. The van der Waals surface area contributed by atoms with Crippen molar-refractivity contribution in [2.75, 3.05) is 51.0 Å². The molecule has 2 aliphatic heterocycles. The van der Waals surface area contributed by atoms with E-state index in [1.807, 2.05) is 24.4 Å². The van der Waals surface area contributed by atoms with Gasteiger partial charge in [-0.25, -0.2) is 4.98 Å². The van der Waals surface area contributed by atoms with E-state index in [4.69, 9.17) is 14.5 Å². The fourth-order valence-electron chi connectivity index (χ4n) is 3.50. The van der Waals surface area contributed by atoms with Crippen LogP contribution in [0.5, 0.6) is 11.5 Å². The van der Waals surface area contributed by atoms with Crippen molar-refractivity contribution in [3.8, 4) is 11.5 Å². The zero-order valence-corrected chi connectivity index (χ0v) is 19.0. The van der Waals surface area contributed by atoms with Crippen LogP contribution in [-0.4, -0.2) is 61.9 Å². The van der Waals surface area contributed by atoms with Crippen LogP contribution in [0.4, 0.5) is 5.82 Å². The van der Waals surface area contributed by atoms with Crippen LogP contribution in [0.25, 0.3) is 0 Å². The number of nitrogens with zero attached hydrogens (tertiary/aromatic N) is 4. The summed E-state index contributed by atoms with van der Waals surface area (Å²) in [6.45, 7) is 7.79. The van der Waals surface area contributed by atoms with E-state index in [9.17, 15) is 0 Å². The molecule has 2 aliphatic rings. The third-order valence-corrected chi connectivity index (χ3v) is 4.99. The molecule has 156 valence electrons. The van der Waals surface area contributed by atoms with E-state index in [1.165, 1.54) is 5.56 Å². The molecule has 7 nitrogen and oxygen atoms in total. The number of hydrogen-bond donors (Lipinski definition) is 1. The van der Waals surface area contributed by atoms with Crippen LogP contribution in [0.2, 0.25) is 0 Å². The monoisotopic (exact) mass is 509 g/mol. The van der Waals surface area contributed by atoms with E-state index in [0.717, 1.165) is 69.0 Å². The molecule has 1 aromatic carbocycles. The van der Waals surface area contributed by atoms with Crippen LogP contribution in [0.1, 0.15) is 12.5 Å². The Labute approximate surface area is 189 Å². The molecule has 3 heterocycles. The van der Waals surface area contributed by atoms with Gasteiger partial charge in [-0.15, -0.1) is 24.0 Å². The van der Waals surface area contributed by atoms with Gasteiger partial charge in [0, 0.05) is 45.5 Å². The number of benzene rings is 1. The second kappa shape index (κ2) is 10.5. The molecule has 0 saturated carbocycles. The van der Waals surface area contributed by atoms with Crippen molar-refractivity contribution >= 4 is 35.8 Å². The molecule has 0 amide bonds. The molecule has 1 N–H and O–H groups in total. The fourth-order valence-corrected chi connectivity index (χ4v) is 3.50. The smallest absolute Gasteiger partial charge is 0.231 e. The summed E-state index contributed by atoms with van der Waals surface area (Å²) in [6, 6.07) is 12.2. The van der Waals surface area contributed by atoms with Gasteiger partial charge in [0.05, 0.1) is 0 Å². The molecule has 2 aromatic rings. The van der Waals surface area contributed by atoms with Gasteiger partial charge in [-0.05, 0) is 43.2 Å². The lowest BCUT2D eigenvalue weighted by molar-refractivity contribution is 0.174. The molecular formula is C21H28IN5O2. The molecule has 0 radical (unpaired) electrons. The van der Waals surface area contributed by atoms with Gasteiger partial charge in [0.1, 0.15) is 5.82 Å². The van der Waals surface area contributed by atoms with Crippen molar-refractivity contribution in [2.24, 2.45) is 4.99 Å². The molecule has 29 heavy (non-hydrogen) atoms. The minimum absolute atomic E-state index is 0. The topological polar surface area (TPSA) is 62.2 Å². The number of anilines is 1. The molecule has 4 rings (SSSR count). The summed E-state index contributed by atoms with van der Waals surface area (Å²) in [4.78, 5) is 14.0. The molecule has 1 aromatic heterocycles. The van der Waals surface area contributed by atoms with Gasteiger partial charge >= 0.3 is 0 Å². The van der Waals surface area contributed by atoms with Gasteiger partial charge in [0.2, 0.25) is 6.79 Å². The minimum Gasteiger partial charge on any atom is -0.454 e. The number of ether oxygens (including phenoxy) is 2. The van der Waals surface area contributed by atoms with Crippen LogP contribution in [-0.2, 0) is 6.42 Å². The van der Waals surface area contributed by atoms with Gasteiger partial charge in [0.25, 0.3) is 0 Å². The number of rotatable bonds is 5. The molecule has 0 aliphatic carbocycles. The van der Waals surface area contributed by atoms with Crippen LogP contribution in [0.15, 0.2) is 47.6 Å². The van der Waals surface area contributed by atoms with Gasteiger partial charge in [-0.3, -0.25) is 4.99 Å². The predicted octanol–water partition coefficient (Wildman–Crippen LogP) is 2.76. The van der Waals surface area contributed by atoms with Gasteiger partial charge in [-0.2, -0.15) is 0 Å². The molecule has 8 heteroatoms. The molecule has 0 bridgehead atoms. The maximum atomic E-state index is 5.46. The van der Waals surface area contributed by atoms with E-state index in [1.54, 1.807) is 0 Å². The maximum absolute atomic E-state index is 5.46. The predicted molar refractivity (Wildman–Crippen MR) is 126 cm³/mol. The number of fused-ring (bicyclic) bond motifs is 1. The van der Waals surface area contributed by atoms with Crippen molar-refractivity contribution in [3.63, 3.8) is 0 Å². The lowest BCUT2D eigenvalue weighted by Gasteiger charge is -2.37. The van der Waals surface area contributed by atoms with Crippen molar-refractivity contribution in [3.05, 3.63) is 48.2 Å². The number of hydrogen-bond acceptors (Lipinski definition) is 5. The van der Waals surface area contributed by atoms with Gasteiger partial charge in [-0.1, -0.05) is 12.1 Å². The lowest BCUT2D eigenvalue weighted by atomic mass is 10.1. The summed E-state index contributed by atoms with van der Waals surface area (Å²) in [6.07, 6.45) is 2.73. The summed E-state index contributed by atoms with van der Waals surface area (Å²) < 4.78 is 10.8. The number of aromatic nitrogens is 1. The Morgan fingerprint density at radius 1 is 1.10 bits per heavy atom. The molecule has 0 unspecified atom stereocenters. The summed E-state index contributed by atoms with van der Waals surface area (Å²) >= 11 is 0. The SMILES string of the molecule is CCNC(=NCCc1ccc2c(c1)OCO2)N1CCN(c2ccccn2)CC1.I. The first-order chi connectivity index (χ1) is 13.8. The molecular weight excluding hydrogens is 481 g/mol. The third-order valence-electron chi connectivity index (χ3n) is 4.99. The molecule has 0 atom stereocenters. The van der Waals surface area contributed by atoms with E-state index < -0.39 is 0 Å². The maximum Gasteiger partial charge on any atom is 0.231 e. The number of guanidine groups is 1. The second-order valence-corrected chi connectivity index (χ2v) is 6.84. The van der Waals surface area contributed by atoms with E-state index in [0.29, 0.717) is 6.79 Å². The Balaban J connectivity index is 0.00000240. The first kappa shape index (κ1) is 21.5. The van der Waals surface area contributed by atoms with Crippen molar-refractivity contribution in [1.29, 1.82) is 0 Å². The Bertz CT molecular complexity index is 810. The van der Waals surface area contributed by atoms with Crippen LogP contribution >= 0.6 is 24.0 Å². The summed E-state index contributed by atoms with van der Waals surface area (Å²) in [5, 5.41) is 3.43. The number of nitrogens with one attached hydrogen (secondary N) is 1. The highest BCUT2D eigenvalue weighted by Gasteiger charge is 2.20. The number of halogens is 1. The average Bonchev–Trinajstić information content (AvgIpc) is 3.22. The number of pyridine rings is 1. The van der Waals surface area contributed by atoms with Crippen LogP contribution in [0, 0.1) is 0 Å². The van der Waals surface area contributed by atoms with Gasteiger partial charge in [0.15, 0.2) is 17.5 Å². The Hall–Kier alpha value is -2.23. The zero-order valence-electron chi connectivity index (χ0n) is 16.7. The van der Waals surface area contributed by atoms with E-state index in [2.05, 4.69) is 45.2 Å². The van der Waals surface area contributed by atoms with Crippen LogP contribution in [0.3, 0.4) is 0 Å². The summed E-state index contributed by atoms with van der Waals surface area (Å²) in [7, 11) is 0. The zero-order chi connectivity index (χ0) is 19.2. The number of aliphatic imine (C=N–C) groups is 1. The quantitative estimate of drug-likeness (QED) is 0.380. The highest BCUT2D eigenvalue weighted by atomic mass is 127. The highest BCUT2D eigenvalue weighted by Crippen LogP contribution is 2.32. The average molecular weight is 509 g/mol. The second-order valence-electron chi connectivity index (χ2n) is 6.84. The largest absolute Gasteiger partial charge is 0.454 e. The number of piperazine rings is 1. The highest BCUT2D eigenvalue weighted by molar-refractivity contribution is 14.0. The Morgan fingerprint density at radius 3 is 2.69 bits per heavy atom. The van der Waals surface area contributed by atoms with Crippen molar-refractivity contribution in [2.45, 2.75) is 13.3 Å². The van der Waals surface area contributed by atoms with Crippen molar-refractivity contribution < 1.29 is 9.47 Å². The van der Waals surface area contributed by atoms with E-state index in [-0.39, 0.29) is 24.0 Å². The van der Waals surface area contributed by atoms with E-state index >= 15 is 0 Å². The third kappa shape index (κ3) is 5.43. The minimum atomic E-state index is 0. The molecule has 0 spiro atoms. The standard InChI is InChI=1S/C21H27N5O2.HI/c1-2-22-21(24-10-8-17-6-7-18-19(15-17)28-16-27-18)26-13-11-25(12-14-26)20-5-3-4-9-23-20;/h3-7,9,15H,2,8,10-14,16H2,1H3,(H,22,24);1H. The first-order valence-electron chi connectivity index (χ1n) is 9.91. The first-order valence-corrected chi connectivity index (χ1v) is 9.91. The van der Waals surface area contributed by atoms with Crippen LogP contribution < -0.4 is 19.7 Å². The van der Waals surface area contributed by atoms with Crippen molar-refractivity contribution in [1.82, 2.24) is 15.2 Å². The normalized spacial score (nSPS) is 15.8. The molecule has 1 fully saturated rings.